The van der Waals surface area contributed by atoms with Gasteiger partial charge in [-0.2, -0.15) is 0 Å². The van der Waals surface area contributed by atoms with Crippen LogP contribution in [0.5, 0.6) is 0 Å². The maximum Gasteiger partial charge on any atom is 0.104 e. The first-order chi connectivity index (χ1) is 8.25. The lowest BCUT2D eigenvalue weighted by atomic mass is 10.1. The highest BCUT2D eigenvalue weighted by molar-refractivity contribution is 9.10. The zero-order valence-corrected chi connectivity index (χ0v) is 11.0. The molecule has 5 nitrogen and oxygen atoms in total. The molecule has 0 unspecified atom stereocenters. The van der Waals surface area contributed by atoms with Crippen molar-refractivity contribution in [2.75, 3.05) is 18.5 Å². The minimum atomic E-state index is 0.842. The average molecular weight is 294 g/mol. The second kappa shape index (κ2) is 4.03. The van der Waals surface area contributed by atoms with Gasteiger partial charge in [-0.1, -0.05) is 0 Å². The molecule has 17 heavy (non-hydrogen) atoms. The number of hydrogen-bond donors (Lipinski definition) is 2. The molecular formula is C11H12BrN5. The fraction of sp³-hybridized carbons (Fsp3) is 0.273. The van der Waals surface area contributed by atoms with Gasteiger partial charge in [-0.3, -0.25) is 15.4 Å². The summed E-state index contributed by atoms with van der Waals surface area (Å²) < 4.78 is 1.02. The predicted molar refractivity (Wildman–Crippen MR) is 72.2 cm³/mol. The number of H-pyrrole nitrogens is 1. The number of fused-ring (bicyclic) bond motifs is 1. The molecule has 1 aliphatic rings. The highest BCUT2D eigenvalue weighted by atomic mass is 79.9. The SMILES string of the molecule is Cc1c(NN2C=NCC2)c(Br)cc2[nH]cnc12. The summed E-state index contributed by atoms with van der Waals surface area (Å²) in [7, 11) is 0. The first-order valence-electron chi connectivity index (χ1n) is 5.41. The lowest BCUT2D eigenvalue weighted by Gasteiger charge is -2.19. The first kappa shape index (κ1) is 10.6. The van der Waals surface area contributed by atoms with Crippen LogP contribution in [0, 0.1) is 6.92 Å². The van der Waals surface area contributed by atoms with E-state index in [9.17, 15) is 0 Å². The summed E-state index contributed by atoms with van der Waals surface area (Å²) in [6, 6.07) is 2.03. The molecule has 2 heterocycles. The molecule has 0 spiro atoms. The van der Waals surface area contributed by atoms with Crippen molar-refractivity contribution in [3.05, 3.63) is 22.4 Å². The molecule has 0 saturated heterocycles. The van der Waals surface area contributed by atoms with Crippen LogP contribution < -0.4 is 5.43 Å². The molecule has 0 amide bonds. The van der Waals surface area contributed by atoms with Gasteiger partial charge in [-0.25, -0.2) is 4.98 Å². The Kier molecular flexibility index (Phi) is 2.51. The molecule has 0 bridgehead atoms. The van der Waals surface area contributed by atoms with Crippen molar-refractivity contribution in [2.45, 2.75) is 6.92 Å². The number of hydrogen-bond acceptors (Lipinski definition) is 4. The number of benzene rings is 1. The number of hydrazine groups is 1. The maximum atomic E-state index is 4.33. The van der Waals surface area contributed by atoms with Crippen LogP contribution in [0.15, 0.2) is 21.9 Å². The van der Waals surface area contributed by atoms with Crippen molar-refractivity contribution >= 4 is 39.0 Å². The second-order valence-corrected chi connectivity index (χ2v) is 4.84. The Morgan fingerprint density at radius 1 is 1.53 bits per heavy atom. The van der Waals surface area contributed by atoms with Gasteiger partial charge in [0.1, 0.15) is 6.34 Å². The van der Waals surface area contributed by atoms with Crippen molar-refractivity contribution in [1.82, 2.24) is 15.0 Å². The molecule has 2 aromatic rings. The topological polar surface area (TPSA) is 56.3 Å². The molecule has 0 fully saturated rings. The van der Waals surface area contributed by atoms with E-state index in [0.29, 0.717) is 0 Å². The number of nitrogens with one attached hydrogen (secondary N) is 2. The fourth-order valence-corrected chi connectivity index (χ4v) is 2.57. The fourth-order valence-electron chi connectivity index (χ4n) is 1.95. The van der Waals surface area contributed by atoms with E-state index in [4.69, 9.17) is 0 Å². The molecule has 0 atom stereocenters. The molecule has 88 valence electrons. The molecular weight excluding hydrogens is 282 g/mol. The molecule has 1 aliphatic heterocycles. The lowest BCUT2D eigenvalue weighted by Crippen LogP contribution is -2.27. The summed E-state index contributed by atoms with van der Waals surface area (Å²) in [5.74, 6) is 0. The number of aromatic nitrogens is 2. The average Bonchev–Trinajstić information content (AvgIpc) is 2.94. The molecule has 1 aromatic heterocycles. The maximum absolute atomic E-state index is 4.33. The quantitative estimate of drug-likeness (QED) is 0.893. The van der Waals surface area contributed by atoms with Crippen molar-refractivity contribution in [3.63, 3.8) is 0 Å². The third-order valence-corrected chi connectivity index (χ3v) is 3.48. The number of anilines is 1. The highest BCUT2D eigenvalue weighted by Gasteiger charge is 2.13. The molecule has 2 N–H and O–H groups in total. The molecule has 6 heteroatoms. The van der Waals surface area contributed by atoms with Gasteiger partial charge >= 0.3 is 0 Å². The van der Waals surface area contributed by atoms with Gasteiger partial charge < -0.3 is 4.98 Å². The summed E-state index contributed by atoms with van der Waals surface area (Å²) in [6.07, 6.45) is 3.53. The Balaban J connectivity index is 2.04. The Labute approximate surface area is 107 Å². The smallest absolute Gasteiger partial charge is 0.104 e. The van der Waals surface area contributed by atoms with E-state index in [0.717, 1.165) is 39.8 Å². The molecule has 3 rings (SSSR count). The zero-order chi connectivity index (χ0) is 11.8. The number of halogens is 1. The summed E-state index contributed by atoms with van der Waals surface area (Å²) in [5, 5.41) is 1.98. The molecule has 1 aromatic carbocycles. The van der Waals surface area contributed by atoms with Crippen LogP contribution in [0.3, 0.4) is 0 Å². The van der Waals surface area contributed by atoms with E-state index in [-0.39, 0.29) is 0 Å². The number of aryl methyl sites for hydroxylation is 1. The monoisotopic (exact) mass is 293 g/mol. The Bertz CT molecular complexity index is 589. The van der Waals surface area contributed by atoms with Crippen LogP contribution in [0.4, 0.5) is 5.69 Å². The van der Waals surface area contributed by atoms with Gasteiger partial charge in [-0.05, 0) is 28.9 Å². The van der Waals surface area contributed by atoms with Crippen molar-refractivity contribution < 1.29 is 0 Å². The molecule has 0 saturated carbocycles. The standard InChI is InChI=1S/C11H12BrN5/c1-7-10(16-17-3-2-13-6-17)8(12)4-9-11(7)15-5-14-9/h4-6,16H,2-3H2,1H3,(H,14,15). The van der Waals surface area contributed by atoms with Crippen molar-refractivity contribution in [2.24, 2.45) is 4.99 Å². The van der Waals surface area contributed by atoms with Gasteiger partial charge in [0.25, 0.3) is 0 Å². The molecule has 0 aliphatic carbocycles. The van der Waals surface area contributed by atoms with Crippen LogP contribution in [0.25, 0.3) is 11.0 Å². The number of imidazole rings is 1. The van der Waals surface area contributed by atoms with E-state index in [1.807, 2.05) is 17.4 Å². The zero-order valence-electron chi connectivity index (χ0n) is 9.37. The minimum absolute atomic E-state index is 0.842. The van der Waals surface area contributed by atoms with Crippen LogP contribution in [0.1, 0.15) is 5.56 Å². The summed E-state index contributed by atoms with van der Waals surface area (Å²) in [5.41, 5.74) is 7.53. The summed E-state index contributed by atoms with van der Waals surface area (Å²) >= 11 is 3.58. The Morgan fingerprint density at radius 3 is 3.18 bits per heavy atom. The van der Waals surface area contributed by atoms with Gasteiger partial charge in [-0.15, -0.1) is 0 Å². The highest BCUT2D eigenvalue weighted by Crippen LogP contribution is 2.32. The Morgan fingerprint density at radius 2 is 2.41 bits per heavy atom. The normalized spacial score (nSPS) is 14.8. The van der Waals surface area contributed by atoms with E-state index in [1.54, 1.807) is 6.33 Å². The van der Waals surface area contributed by atoms with Crippen molar-refractivity contribution in [3.8, 4) is 0 Å². The van der Waals surface area contributed by atoms with E-state index in [1.165, 1.54) is 0 Å². The third-order valence-electron chi connectivity index (χ3n) is 2.86. The number of aliphatic imine (C=N–C) groups is 1. The lowest BCUT2D eigenvalue weighted by molar-refractivity contribution is 0.556. The van der Waals surface area contributed by atoms with E-state index >= 15 is 0 Å². The van der Waals surface area contributed by atoms with Crippen LogP contribution in [0.2, 0.25) is 0 Å². The van der Waals surface area contributed by atoms with E-state index in [2.05, 4.69) is 43.2 Å². The van der Waals surface area contributed by atoms with Gasteiger partial charge in [0.05, 0.1) is 36.1 Å². The second-order valence-electron chi connectivity index (χ2n) is 3.98. The van der Waals surface area contributed by atoms with Gasteiger partial charge in [0.2, 0.25) is 0 Å². The van der Waals surface area contributed by atoms with Crippen LogP contribution in [-0.2, 0) is 0 Å². The number of nitrogens with zero attached hydrogens (tertiary/aromatic N) is 3. The van der Waals surface area contributed by atoms with Crippen LogP contribution >= 0.6 is 15.9 Å². The van der Waals surface area contributed by atoms with E-state index < -0.39 is 0 Å². The van der Waals surface area contributed by atoms with Crippen LogP contribution in [-0.4, -0.2) is 34.4 Å². The van der Waals surface area contributed by atoms with Gasteiger partial charge in [0, 0.05) is 10.0 Å². The number of aromatic amines is 1. The summed E-state index contributed by atoms with van der Waals surface area (Å²) in [6.45, 7) is 3.79. The molecule has 0 radical (unpaired) electrons. The summed E-state index contributed by atoms with van der Waals surface area (Å²) in [4.78, 5) is 11.6. The first-order valence-corrected chi connectivity index (χ1v) is 6.20. The van der Waals surface area contributed by atoms with Gasteiger partial charge in [0.15, 0.2) is 0 Å². The largest absolute Gasteiger partial charge is 0.345 e. The third kappa shape index (κ3) is 1.78. The number of rotatable bonds is 2. The Hall–Kier alpha value is -1.56. The predicted octanol–water partition coefficient (Wildman–Crippen LogP) is 2.30. The van der Waals surface area contributed by atoms with Crippen molar-refractivity contribution in [1.29, 1.82) is 0 Å². The minimum Gasteiger partial charge on any atom is -0.345 e.